The van der Waals surface area contributed by atoms with Crippen molar-refractivity contribution in [1.82, 2.24) is 25.0 Å². The van der Waals surface area contributed by atoms with E-state index in [9.17, 15) is 0 Å². The van der Waals surface area contributed by atoms with Crippen molar-refractivity contribution < 1.29 is 4.74 Å². The zero-order valence-corrected chi connectivity index (χ0v) is 12.8. The van der Waals surface area contributed by atoms with E-state index in [-0.39, 0.29) is 6.04 Å². The zero-order chi connectivity index (χ0) is 15.1. The molecule has 0 aliphatic carbocycles. The number of H-pyrrole nitrogens is 1. The molecular weight excluding hydrogens is 278 g/mol. The number of ether oxygens (including phenoxy) is 1. The number of benzene rings is 1. The van der Waals surface area contributed by atoms with E-state index in [0.717, 1.165) is 41.3 Å². The number of nitrogens with one attached hydrogen (secondary N) is 1. The molecule has 3 heterocycles. The minimum Gasteiger partial charge on any atom is -0.381 e. The average Bonchev–Trinajstić information content (AvgIpc) is 3.25. The van der Waals surface area contributed by atoms with Gasteiger partial charge in [-0.1, -0.05) is 18.2 Å². The standard InChI is InChI=1S/C16H19N5O/c1-10(2)21-16(17-15(20-21)11-7-8-22-9-11)14-12-5-3-4-6-13(12)18-19-14/h3-6,10-11H,7-9H2,1-2H3,(H,18,19)/t11-/m0/s1. The highest BCUT2D eigenvalue weighted by Gasteiger charge is 2.26. The molecule has 1 N–H and O–H groups in total. The molecule has 0 unspecified atom stereocenters. The Morgan fingerprint density at radius 3 is 2.95 bits per heavy atom. The van der Waals surface area contributed by atoms with Gasteiger partial charge in [0.15, 0.2) is 11.6 Å². The monoisotopic (exact) mass is 297 g/mol. The number of hydrogen-bond acceptors (Lipinski definition) is 4. The Morgan fingerprint density at radius 1 is 1.32 bits per heavy atom. The fourth-order valence-corrected chi connectivity index (χ4v) is 2.91. The first-order chi connectivity index (χ1) is 10.7. The van der Waals surface area contributed by atoms with Crippen LogP contribution in [0, 0.1) is 0 Å². The van der Waals surface area contributed by atoms with Gasteiger partial charge in [0, 0.05) is 24.0 Å². The molecule has 0 saturated carbocycles. The van der Waals surface area contributed by atoms with E-state index in [4.69, 9.17) is 14.8 Å². The van der Waals surface area contributed by atoms with Crippen LogP contribution in [0.3, 0.4) is 0 Å². The molecule has 1 aliphatic heterocycles. The van der Waals surface area contributed by atoms with Crippen molar-refractivity contribution in [3.63, 3.8) is 0 Å². The molecule has 0 amide bonds. The molecule has 0 bridgehead atoms. The molecule has 1 atom stereocenters. The minimum absolute atomic E-state index is 0.231. The summed E-state index contributed by atoms with van der Waals surface area (Å²) in [4.78, 5) is 4.80. The van der Waals surface area contributed by atoms with Gasteiger partial charge in [-0.15, -0.1) is 0 Å². The smallest absolute Gasteiger partial charge is 0.179 e. The van der Waals surface area contributed by atoms with Gasteiger partial charge in [0.2, 0.25) is 0 Å². The third-order valence-corrected chi connectivity index (χ3v) is 4.11. The fourth-order valence-electron chi connectivity index (χ4n) is 2.91. The van der Waals surface area contributed by atoms with Gasteiger partial charge < -0.3 is 4.74 Å². The number of nitrogens with zero attached hydrogens (tertiary/aromatic N) is 4. The maximum Gasteiger partial charge on any atom is 0.179 e. The summed E-state index contributed by atoms with van der Waals surface area (Å²) in [6.45, 7) is 5.73. The van der Waals surface area contributed by atoms with E-state index >= 15 is 0 Å². The van der Waals surface area contributed by atoms with Crippen LogP contribution < -0.4 is 0 Å². The highest BCUT2D eigenvalue weighted by atomic mass is 16.5. The van der Waals surface area contributed by atoms with Crippen LogP contribution in [0.5, 0.6) is 0 Å². The summed E-state index contributed by atoms with van der Waals surface area (Å²) in [6.07, 6.45) is 0.989. The SMILES string of the molecule is CC(C)n1nc([C@H]2CCOC2)nc1-c1n[nH]c2ccccc12. The Bertz CT molecular complexity index is 798. The van der Waals surface area contributed by atoms with Crippen LogP contribution in [0.25, 0.3) is 22.4 Å². The fraction of sp³-hybridized carbons (Fsp3) is 0.438. The molecule has 6 heteroatoms. The Hall–Kier alpha value is -2.21. The summed E-state index contributed by atoms with van der Waals surface area (Å²) < 4.78 is 7.44. The zero-order valence-electron chi connectivity index (χ0n) is 12.8. The summed E-state index contributed by atoms with van der Waals surface area (Å²) in [6, 6.07) is 8.33. The molecule has 3 aromatic rings. The van der Waals surface area contributed by atoms with Gasteiger partial charge in [0.25, 0.3) is 0 Å². The third-order valence-electron chi connectivity index (χ3n) is 4.11. The third kappa shape index (κ3) is 2.11. The second-order valence-corrected chi connectivity index (χ2v) is 6.01. The highest BCUT2D eigenvalue weighted by Crippen LogP contribution is 2.30. The molecule has 1 fully saturated rings. The van der Waals surface area contributed by atoms with Crippen LogP contribution in [-0.4, -0.2) is 38.2 Å². The molecular formula is C16H19N5O. The van der Waals surface area contributed by atoms with Crippen molar-refractivity contribution in [3.05, 3.63) is 30.1 Å². The summed E-state index contributed by atoms with van der Waals surface area (Å²) in [5, 5.41) is 13.3. The van der Waals surface area contributed by atoms with Crippen molar-refractivity contribution in [2.24, 2.45) is 0 Å². The molecule has 6 nitrogen and oxygen atoms in total. The topological polar surface area (TPSA) is 68.6 Å². The Labute approximate surface area is 128 Å². The summed E-state index contributed by atoms with van der Waals surface area (Å²) >= 11 is 0. The number of aromatic amines is 1. The lowest BCUT2D eigenvalue weighted by Gasteiger charge is -2.07. The lowest BCUT2D eigenvalue weighted by atomic mass is 10.1. The molecule has 1 aliphatic rings. The predicted molar refractivity (Wildman–Crippen MR) is 83.7 cm³/mol. The van der Waals surface area contributed by atoms with Gasteiger partial charge in [-0.25, -0.2) is 9.67 Å². The second-order valence-electron chi connectivity index (χ2n) is 6.01. The maximum atomic E-state index is 5.47. The van der Waals surface area contributed by atoms with Crippen molar-refractivity contribution >= 4 is 10.9 Å². The quantitative estimate of drug-likeness (QED) is 0.807. The van der Waals surface area contributed by atoms with Gasteiger partial charge in [-0.05, 0) is 26.3 Å². The first kappa shape index (κ1) is 13.5. The van der Waals surface area contributed by atoms with Crippen LogP contribution in [0.1, 0.15) is 38.1 Å². The second kappa shape index (κ2) is 5.21. The summed E-state index contributed by atoms with van der Waals surface area (Å²) in [5.41, 5.74) is 1.88. The lowest BCUT2D eigenvalue weighted by Crippen LogP contribution is -2.07. The van der Waals surface area contributed by atoms with E-state index in [2.05, 4.69) is 30.1 Å². The normalized spacial score (nSPS) is 18.6. The van der Waals surface area contributed by atoms with Crippen molar-refractivity contribution in [2.45, 2.75) is 32.2 Å². The van der Waals surface area contributed by atoms with Gasteiger partial charge in [0.05, 0.1) is 12.1 Å². The number of aromatic nitrogens is 5. The highest BCUT2D eigenvalue weighted by molar-refractivity contribution is 5.91. The number of rotatable bonds is 3. The molecule has 114 valence electrons. The average molecular weight is 297 g/mol. The van der Waals surface area contributed by atoms with Crippen molar-refractivity contribution in [2.75, 3.05) is 13.2 Å². The number of para-hydroxylation sites is 1. The number of hydrogen-bond donors (Lipinski definition) is 1. The van der Waals surface area contributed by atoms with Gasteiger partial charge >= 0.3 is 0 Å². The molecule has 0 radical (unpaired) electrons. The van der Waals surface area contributed by atoms with E-state index in [1.54, 1.807) is 0 Å². The first-order valence-corrected chi connectivity index (χ1v) is 7.71. The van der Waals surface area contributed by atoms with Gasteiger partial charge in [0.1, 0.15) is 5.69 Å². The lowest BCUT2D eigenvalue weighted by molar-refractivity contribution is 0.193. The molecule has 2 aromatic heterocycles. The van der Waals surface area contributed by atoms with E-state index in [1.807, 2.05) is 22.9 Å². The van der Waals surface area contributed by atoms with Crippen LogP contribution in [-0.2, 0) is 4.74 Å². The Kier molecular flexibility index (Phi) is 3.18. The molecule has 4 rings (SSSR count). The summed E-state index contributed by atoms with van der Waals surface area (Å²) in [7, 11) is 0. The van der Waals surface area contributed by atoms with Gasteiger partial charge in [-0.3, -0.25) is 5.10 Å². The Morgan fingerprint density at radius 2 is 2.18 bits per heavy atom. The number of fused-ring (bicyclic) bond motifs is 1. The van der Waals surface area contributed by atoms with Crippen LogP contribution in [0.15, 0.2) is 24.3 Å². The largest absolute Gasteiger partial charge is 0.381 e. The maximum absolute atomic E-state index is 5.47. The summed E-state index contributed by atoms with van der Waals surface area (Å²) in [5.74, 6) is 1.99. The van der Waals surface area contributed by atoms with Crippen LogP contribution >= 0.6 is 0 Å². The van der Waals surface area contributed by atoms with Gasteiger partial charge in [-0.2, -0.15) is 10.2 Å². The minimum atomic E-state index is 0.231. The first-order valence-electron chi connectivity index (χ1n) is 7.71. The predicted octanol–water partition coefficient (Wildman–Crippen LogP) is 2.91. The molecule has 1 aromatic carbocycles. The Balaban J connectivity index is 1.86. The van der Waals surface area contributed by atoms with Crippen molar-refractivity contribution in [3.8, 4) is 11.5 Å². The van der Waals surface area contributed by atoms with E-state index < -0.39 is 0 Å². The van der Waals surface area contributed by atoms with Crippen molar-refractivity contribution in [1.29, 1.82) is 0 Å². The van der Waals surface area contributed by atoms with E-state index in [0.29, 0.717) is 12.5 Å². The molecule has 1 saturated heterocycles. The molecule has 22 heavy (non-hydrogen) atoms. The van der Waals surface area contributed by atoms with E-state index in [1.165, 1.54) is 0 Å². The molecule has 0 spiro atoms. The van der Waals surface area contributed by atoms with Crippen LogP contribution in [0.2, 0.25) is 0 Å². The van der Waals surface area contributed by atoms with Crippen LogP contribution in [0.4, 0.5) is 0 Å².